The Balaban J connectivity index is 1.59. The van der Waals surface area contributed by atoms with Crippen molar-refractivity contribution in [2.75, 3.05) is 0 Å². The third-order valence-corrected chi connectivity index (χ3v) is 4.45. The lowest BCUT2D eigenvalue weighted by Crippen LogP contribution is -2.27. The number of nitrogens with zero attached hydrogens (tertiary/aromatic N) is 2. The summed E-state index contributed by atoms with van der Waals surface area (Å²) >= 11 is 0. The number of carboxylic acid groups (broad SMARTS) is 1. The molecule has 4 aromatic rings. The third kappa shape index (κ3) is 3.91. The number of hydrogen-bond donors (Lipinski definition) is 2. The second-order valence-corrected chi connectivity index (χ2v) is 6.38. The number of amides is 1. The van der Waals surface area contributed by atoms with Crippen molar-refractivity contribution in [1.82, 2.24) is 14.9 Å². The number of aliphatic carboxylic acids is 1. The van der Waals surface area contributed by atoms with Crippen molar-refractivity contribution in [3.05, 3.63) is 102 Å². The van der Waals surface area contributed by atoms with Crippen LogP contribution in [0.3, 0.4) is 0 Å². The average Bonchev–Trinajstić information content (AvgIpc) is 3.18. The molecule has 0 saturated carbocycles. The first-order valence-electron chi connectivity index (χ1n) is 8.96. The molecule has 1 amide bonds. The van der Waals surface area contributed by atoms with Crippen LogP contribution in [0, 0.1) is 0 Å². The van der Waals surface area contributed by atoms with Gasteiger partial charge in [-0.25, -0.2) is 9.78 Å². The molecular weight excluding hydrogens is 366 g/mol. The lowest BCUT2D eigenvalue weighted by atomic mass is 10.1. The molecule has 142 valence electrons. The summed E-state index contributed by atoms with van der Waals surface area (Å²) in [6, 6.07) is 23.6. The van der Waals surface area contributed by atoms with E-state index in [9.17, 15) is 14.7 Å². The summed E-state index contributed by atoms with van der Waals surface area (Å²) in [4.78, 5) is 28.2. The predicted molar refractivity (Wildman–Crippen MR) is 111 cm³/mol. The summed E-state index contributed by atoms with van der Waals surface area (Å²) in [5, 5.41) is 11.9. The van der Waals surface area contributed by atoms with Gasteiger partial charge in [0, 0.05) is 11.3 Å². The molecule has 6 nitrogen and oxygen atoms in total. The maximum atomic E-state index is 12.3. The van der Waals surface area contributed by atoms with Gasteiger partial charge in [0.1, 0.15) is 12.0 Å². The van der Waals surface area contributed by atoms with Crippen LogP contribution in [0.15, 0.2) is 90.9 Å². The van der Waals surface area contributed by atoms with Crippen LogP contribution in [0.4, 0.5) is 0 Å². The van der Waals surface area contributed by atoms with Crippen LogP contribution in [0.5, 0.6) is 0 Å². The van der Waals surface area contributed by atoms with Gasteiger partial charge in [-0.3, -0.25) is 9.36 Å². The van der Waals surface area contributed by atoms with E-state index in [0.29, 0.717) is 11.1 Å². The zero-order valence-corrected chi connectivity index (χ0v) is 15.3. The number of rotatable bonds is 5. The molecule has 6 heteroatoms. The van der Waals surface area contributed by atoms with Gasteiger partial charge in [-0.2, -0.15) is 0 Å². The van der Waals surface area contributed by atoms with Crippen LogP contribution in [0.1, 0.15) is 15.9 Å². The lowest BCUT2D eigenvalue weighted by Gasteiger charge is -2.07. The highest BCUT2D eigenvalue weighted by Crippen LogP contribution is 2.19. The molecular formula is C23H17N3O3. The quantitative estimate of drug-likeness (QED) is 0.512. The van der Waals surface area contributed by atoms with Crippen LogP contribution >= 0.6 is 0 Å². The fourth-order valence-electron chi connectivity index (χ4n) is 3.00. The molecule has 2 N–H and O–H groups in total. The van der Waals surface area contributed by atoms with Crippen molar-refractivity contribution < 1.29 is 14.7 Å². The van der Waals surface area contributed by atoms with Gasteiger partial charge < -0.3 is 10.4 Å². The van der Waals surface area contributed by atoms with Crippen LogP contribution in [-0.2, 0) is 4.79 Å². The number of aromatic nitrogens is 2. The molecule has 0 fully saturated rings. The second kappa shape index (κ2) is 7.82. The summed E-state index contributed by atoms with van der Waals surface area (Å²) in [5.74, 6) is -1.68. The molecule has 29 heavy (non-hydrogen) atoms. The summed E-state index contributed by atoms with van der Waals surface area (Å²) in [7, 11) is 0. The van der Waals surface area contributed by atoms with Crippen LogP contribution in [0.25, 0.3) is 22.8 Å². The highest BCUT2D eigenvalue weighted by atomic mass is 16.4. The Kier molecular flexibility index (Phi) is 4.90. The van der Waals surface area contributed by atoms with Crippen LogP contribution < -0.4 is 5.32 Å². The van der Waals surface area contributed by atoms with Crippen molar-refractivity contribution in [2.24, 2.45) is 0 Å². The van der Waals surface area contributed by atoms with E-state index >= 15 is 0 Å². The Morgan fingerprint density at radius 2 is 1.59 bits per heavy atom. The van der Waals surface area contributed by atoms with E-state index in [1.165, 1.54) is 6.08 Å². The second-order valence-electron chi connectivity index (χ2n) is 6.38. The first-order chi connectivity index (χ1) is 14.1. The van der Waals surface area contributed by atoms with E-state index in [1.54, 1.807) is 48.8 Å². The van der Waals surface area contributed by atoms with Gasteiger partial charge >= 0.3 is 5.97 Å². The fraction of sp³-hybridized carbons (Fsp3) is 0. The van der Waals surface area contributed by atoms with Crippen molar-refractivity contribution >= 4 is 29.0 Å². The standard InChI is InChI=1S/C23H17N3O3/c27-22(17-6-2-1-3-7-17)25-20(23(28)29)14-16-10-12-18(13-11-16)26-15-24-19-8-4-5-9-21(19)26/h1-15H,(H,25,27)(H,28,29)/b20-14+. The lowest BCUT2D eigenvalue weighted by molar-refractivity contribution is -0.132. The molecule has 0 radical (unpaired) electrons. The molecule has 4 rings (SSSR count). The van der Waals surface area contributed by atoms with Crippen LogP contribution in [0.2, 0.25) is 0 Å². The summed E-state index contributed by atoms with van der Waals surface area (Å²) < 4.78 is 1.96. The van der Waals surface area contributed by atoms with Crippen LogP contribution in [-0.4, -0.2) is 26.5 Å². The number of benzene rings is 3. The van der Waals surface area contributed by atoms with E-state index in [1.807, 2.05) is 41.0 Å². The SMILES string of the molecule is O=C(O)/C(=C\c1ccc(-n2cnc3ccccc32)cc1)NC(=O)c1ccccc1. The minimum atomic E-state index is -1.21. The number of nitrogens with one attached hydrogen (secondary N) is 1. The van der Waals surface area contributed by atoms with E-state index < -0.39 is 11.9 Å². The summed E-state index contributed by atoms with van der Waals surface area (Å²) in [6.07, 6.45) is 3.18. The number of para-hydroxylation sites is 2. The molecule has 1 heterocycles. The fourth-order valence-corrected chi connectivity index (χ4v) is 3.00. The topological polar surface area (TPSA) is 84.2 Å². The van der Waals surface area contributed by atoms with Gasteiger partial charge in [0.2, 0.25) is 0 Å². The number of carbonyl (C=O) groups excluding carboxylic acids is 1. The Hall–Kier alpha value is -4.19. The third-order valence-electron chi connectivity index (χ3n) is 4.45. The zero-order chi connectivity index (χ0) is 20.2. The number of imidazole rings is 1. The monoisotopic (exact) mass is 383 g/mol. The zero-order valence-electron chi connectivity index (χ0n) is 15.3. The highest BCUT2D eigenvalue weighted by Gasteiger charge is 2.13. The molecule has 0 aliphatic heterocycles. The van der Waals surface area contributed by atoms with Gasteiger partial charge in [-0.05, 0) is 48.0 Å². The minimum absolute atomic E-state index is 0.195. The average molecular weight is 383 g/mol. The molecule has 0 unspecified atom stereocenters. The number of carbonyl (C=O) groups is 2. The Bertz CT molecular complexity index is 1210. The van der Waals surface area contributed by atoms with E-state index in [-0.39, 0.29) is 5.70 Å². The van der Waals surface area contributed by atoms with Gasteiger partial charge in [0.05, 0.1) is 11.0 Å². The molecule has 0 aliphatic carbocycles. The van der Waals surface area contributed by atoms with E-state index in [4.69, 9.17) is 0 Å². The van der Waals surface area contributed by atoms with Crippen molar-refractivity contribution in [3.8, 4) is 5.69 Å². The molecule has 0 atom stereocenters. The van der Waals surface area contributed by atoms with Gasteiger partial charge in [0.25, 0.3) is 5.91 Å². The Morgan fingerprint density at radius 3 is 2.31 bits per heavy atom. The Morgan fingerprint density at radius 1 is 0.897 bits per heavy atom. The predicted octanol–water partition coefficient (Wildman–Crippen LogP) is 3.88. The van der Waals surface area contributed by atoms with E-state index in [2.05, 4.69) is 10.3 Å². The molecule has 0 saturated heterocycles. The summed E-state index contributed by atoms with van der Waals surface area (Å²) in [6.45, 7) is 0. The summed E-state index contributed by atoms with van der Waals surface area (Å²) in [5.41, 5.74) is 3.64. The largest absolute Gasteiger partial charge is 0.477 e. The van der Waals surface area contributed by atoms with Gasteiger partial charge in [-0.1, -0.05) is 42.5 Å². The smallest absolute Gasteiger partial charge is 0.352 e. The molecule has 0 bridgehead atoms. The van der Waals surface area contributed by atoms with Crippen molar-refractivity contribution in [3.63, 3.8) is 0 Å². The number of carboxylic acids is 1. The first kappa shape index (κ1) is 18.2. The molecule has 1 aromatic heterocycles. The molecule has 0 aliphatic rings. The van der Waals surface area contributed by atoms with Gasteiger partial charge in [-0.15, -0.1) is 0 Å². The van der Waals surface area contributed by atoms with Crippen molar-refractivity contribution in [2.45, 2.75) is 0 Å². The van der Waals surface area contributed by atoms with E-state index in [0.717, 1.165) is 16.7 Å². The van der Waals surface area contributed by atoms with Gasteiger partial charge in [0.15, 0.2) is 0 Å². The molecule has 3 aromatic carbocycles. The first-order valence-corrected chi connectivity index (χ1v) is 8.96. The number of hydrogen-bond acceptors (Lipinski definition) is 3. The molecule has 0 spiro atoms. The maximum Gasteiger partial charge on any atom is 0.352 e. The number of fused-ring (bicyclic) bond motifs is 1. The normalized spacial score (nSPS) is 11.4. The minimum Gasteiger partial charge on any atom is -0.477 e. The highest BCUT2D eigenvalue weighted by molar-refractivity contribution is 6.02. The van der Waals surface area contributed by atoms with Crippen molar-refractivity contribution in [1.29, 1.82) is 0 Å². The Labute approximate surface area is 166 Å². The maximum absolute atomic E-state index is 12.3.